The van der Waals surface area contributed by atoms with Crippen molar-refractivity contribution in [2.45, 2.75) is 13.8 Å². The molecule has 0 fully saturated rings. The summed E-state index contributed by atoms with van der Waals surface area (Å²) in [5.74, 6) is 0.0301. The molecule has 3 aromatic carbocycles. The number of amides is 1. The van der Waals surface area contributed by atoms with E-state index in [-0.39, 0.29) is 5.69 Å². The van der Waals surface area contributed by atoms with Crippen molar-refractivity contribution in [3.8, 4) is 22.8 Å². The third-order valence-corrected chi connectivity index (χ3v) is 4.62. The number of carbonyl (C=O) groups excluding carboxylic acids is 1. The Balaban J connectivity index is 1.65. The smallest absolute Gasteiger partial charge is 0.256 e. The molecule has 0 aliphatic rings. The van der Waals surface area contributed by atoms with Crippen LogP contribution in [0.1, 0.15) is 21.5 Å². The zero-order valence-electron chi connectivity index (χ0n) is 16.1. The van der Waals surface area contributed by atoms with Gasteiger partial charge in [-0.25, -0.2) is 9.37 Å². The summed E-state index contributed by atoms with van der Waals surface area (Å²) >= 11 is 0. The highest BCUT2D eigenvalue weighted by atomic mass is 19.1. The first-order valence-corrected chi connectivity index (χ1v) is 9.21. The molecule has 144 valence electrons. The van der Waals surface area contributed by atoms with Gasteiger partial charge in [0.15, 0.2) is 5.76 Å². The molecule has 0 unspecified atom stereocenters. The lowest BCUT2D eigenvalue weighted by molar-refractivity contribution is 0.102. The minimum absolute atomic E-state index is 0.128. The second-order valence-corrected chi connectivity index (χ2v) is 6.88. The van der Waals surface area contributed by atoms with Crippen LogP contribution < -0.4 is 5.32 Å². The Hall–Kier alpha value is -3.73. The number of anilines is 1. The third-order valence-electron chi connectivity index (χ3n) is 4.62. The largest absolute Gasteiger partial charge is 0.436 e. The molecule has 4 aromatic rings. The molecular weight excluding hydrogens is 367 g/mol. The van der Waals surface area contributed by atoms with E-state index in [0.29, 0.717) is 22.8 Å². The quantitative estimate of drug-likeness (QED) is 0.467. The van der Waals surface area contributed by atoms with Gasteiger partial charge >= 0.3 is 0 Å². The van der Waals surface area contributed by atoms with Gasteiger partial charge in [0, 0.05) is 11.1 Å². The van der Waals surface area contributed by atoms with Crippen molar-refractivity contribution < 1.29 is 13.6 Å². The summed E-state index contributed by atoms with van der Waals surface area (Å²) < 4.78 is 20.0. The molecule has 5 heteroatoms. The van der Waals surface area contributed by atoms with E-state index >= 15 is 0 Å². The van der Waals surface area contributed by atoms with Crippen LogP contribution in [0.2, 0.25) is 0 Å². The van der Waals surface area contributed by atoms with Gasteiger partial charge in [-0.3, -0.25) is 4.79 Å². The summed E-state index contributed by atoms with van der Waals surface area (Å²) in [4.78, 5) is 17.2. The van der Waals surface area contributed by atoms with Gasteiger partial charge in [-0.2, -0.15) is 0 Å². The van der Waals surface area contributed by atoms with Crippen molar-refractivity contribution in [2.24, 2.45) is 0 Å². The first kappa shape index (κ1) is 18.6. The second kappa shape index (κ2) is 7.72. The molecule has 0 saturated carbocycles. The lowest BCUT2D eigenvalue weighted by atomic mass is 10.1. The SMILES string of the molecule is Cc1ccc(-c2cnc(-c3ccccc3C(=O)Nc3ccc(C)cc3F)o2)cc1. The summed E-state index contributed by atoms with van der Waals surface area (Å²) in [5.41, 5.74) is 3.85. The fraction of sp³-hybridized carbons (Fsp3) is 0.0833. The van der Waals surface area contributed by atoms with Crippen LogP contribution in [0.4, 0.5) is 10.1 Å². The molecule has 29 heavy (non-hydrogen) atoms. The first-order valence-electron chi connectivity index (χ1n) is 9.21. The number of oxazole rings is 1. The highest BCUT2D eigenvalue weighted by Crippen LogP contribution is 2.29. The molecule has 1 amide bonds. The number of carbonyl (C=O) groups is 1. The number of halogens is 1. The topological polar surface area (TPSA) is 55.1 Å². The maximum absolute atomic E-state index is 14.1. The average molecular weight is 386 g/mol. The summed E-state index contributed by atoms with van der Waals surface area (Å²) in [5, 5.41) is 2.63. The van der Waals surface area contributed by atoms with Crippen molar-refractivity contribution in [1.29, 1.82) is 0 Å². The van der Waals surface area contributed by atoms with Crippen LogP contribution in [0.3, 0.4) is 0 Å². The Kier molecular flexibility index (Phi) is 4.96. The number of nitrogens with one attached hydrogen (secondary N) is 1. The van der Waals surface area contributed by atoms with E-state index in [0.717, 1.165) is 16.7 Å². The lowest BCUT2D eigenvalue weighted by Gasteiger charge is -2.09. The molecule has 1 heterocycles. The van der Waals surface area contributed by atoms with Gasteiger partial charge in [-0.1, -0.05) is 48.0 Å². The molecule has 0 bridgehead atoms. The Labute approximate surface area is 168 Å². The number of hydrogen-bond donors (Lipinski definition) is 1. The lowest BCUT2D eigenvalue weighted by Crippen LogP contribution is -2.14. The van der Waals surface area contributed by atoms with Crippen molar-refractivity contribution in [2.75, 3.05) is 5.32 Å². The molecule has 0 atom stereocenters. The molecule has 1 aromatic heterocycles. The Morgan fingerprint density at radius 1 is 0.966 bits per heavy atom. The van der Waals surface area contributed by atoms with Crippen LogP contribution in [-0.2, 0) is 0 Å². The molecule has 0 spiro atoms. The van der Waals surface area contributed by atoms with Crippen molar-refractivity contribution in [3.05, 3.63) is 95.4 Å². The van der Waals surface area contributed by atoms with E-state index in [9.17, 15) is 9.18 Å². The maximum Gasteiger partial charge on any atom is 0.256 e. The predicted molar refractivity (Wildman–Crippen MR) is 111 cm³/mol. The Morgan fingerprint density at radius 2 is 1.69 bits per heavy atom. The number of benzene rings is 3. The van der Waals surface area contributed by atoms with Crippen LogP contribution in [0, 0.1) is 19.7 Å². The zero-order chi connectivity index (χ0) is 20.4. The number of aromatic nitrogens is 1. The van der Waals surface area contributed by atoms with E-state index in [2.05, 4.69) is 10.3 Å². The minimum atomic E-state index is -0.478. The average Bonchev–Trinajstić information content (AvgIpc) is 3.20. The molecule has 0 aliphatic heterocycles. The van der Waals surface area contributed by atoms with Crippen LogP contribution in [0.25, 0.3) is 22.8 Å². The number of rotatable bonds is 4. The van der Waals surface area contributed by atoms with Gasteiger partial charge in [0.05, 0.1) is 17.4 Å². The Morgan fingerprint density at radius 3 is 2.45 bits per heavy atom. The summed E-state index contributed by atoms with van der Waals surface area (Å²) in [6.07, 6.45) is 1.63. The normalized spacial score (nSPS) is 10.7. The number of nitrogens with zero attached hydrogens (tertiary/aromatic N) is 1. The van der Waals surface area contributed by atoms with Gasteiger partial charge in [0.2, 0.25) is 5.89 Å². The van der Waals surface area contributed by atoms with E-state index in [1.54, 1.807) is 49.5 Å². The second-order valence-electron chi connectivity index (χ2n) is 6.88. The fourth-order valence-electron chi connectivity index (χ4n) is 3.03. The van der Waals surface area contributed by atoms with Crippen molar-refractivity contribution >= 4 is 11.6 Å². The van der Waals surface area contributed by atoms with E-state index in [1.165, 1.54) is 6.07 Å². The monoisotopic (exact) mass is 386 g/mol. The molecular formula is C24H19FN2O2. The highest BCUT2D eigenvalue weighted by Gasteiger charge is 2.18. The first-order chi connectivity index (χ1) is 14.0. The van der Waals surface area contributed by atoms with Crippen LogP contribution in [0.5, 0.6) is 0 Å². The molecule has 1 N–H and O–H groups in total. The number of hydrogen-bond acceptors (Lipinski definition) is 3. The van der Waals surface area contributed by atoms with Crippen LogP contribution in [-0.4, -0.2) is 10.9 Å². The van der Waals surface area contributed by atoms with Gasteiger partial charge in [0.25, 0.3) is 5.91 Å². The predicted octanol–water partition coefficient (Wildman–Crippen LogP) is 6.02. The van der Waals surface area contributed by atoms with Gasteiger partial charge in [-0.15, -0.1) is 0 Å². The molecule has 4 nitrogen and oxygen atoms in total. The fourth-order valence-corrected chi connectivity index (χ4v) is 3.03. The van der Waals surface area contributed by atoms with Crippen molar-refractivity contribution in [3.63, 3.8) is 0 Å². The van der Waals surface area contributed by atoms with Crippen LogP contribution >= 0.6 is 0 Å². The highest BCUT2D eigenvalue weighted by molar-refractivity contribution is 6.08. The zero-order valence-corrected chi connectivity index (χ0v) is 16.1. The molecule has 0 radical (unpaired) electrons. The summed E-state index contributed by atoms with van der Waals surface area (Å²) in [7, 11) is 0. The van der Waals surface area contributed by atoms with Crippen LogP contribution in [0.15, 0.2) is 77.3 Å². The van der Waals surface area contributed by atoms with E-state index < -0.39 is 11.7 Å². The summed E-state index contributed by atoms with van der Waals surface area (Å²) in [6, 6.07) is 19.5. The van der Waals surface area contributed by atoms with E-state index in [1.807, 2.05) is 31.2 Å². The Bertz CT molecular complexity index is 1180. The minimum Gasteiger partial charge on any atom is -0.436 e. The molecule has 0 saturated heterocycles. The van der Waals surface area contributed by atoms with Gasteiger partial charge in [0.1, 0.15) is 5.82 Å². The van der Waals surface area contributed by atoms with E-state index in [4.69, 9.17) is 4.42 Å². The molecule has 0 aliphatic carbocycles. The van der Waals surface area contributed by atoms with Crippen molar-refractivity contribution in [1.82, 2.24) is 4.98 Å². The molecule has 4 rings (SSSR count). The third kappa shape index (κ3) is 3.94. The van der Waals surface area contributed by atoms with Gasteiger partial charge in [-0.05, 0) is 43.7 Å². The maximum atomic E-state index is 14.1. The summed E-state index contributed by atoms with van der Waals surface area (Å²) in [6.45, 7) is 3.81. The standard InChI is InChI=1S/C24H19FN2O2/c1-15-7-10-17(11-8-15)22-14-26-24(29-22)19-6-4-3-5-18(19)23(28)27-21-12-9-16(2)13-20(21)25/h3-14H,1-2H3,(H,27,28). The van der Waals surface area contributed by atoms with Gasteiger partial charge < -0.3 is 9.73 Å². The number of aryl methyl sites for hydroxylation is 2.